The van der Waals surface area contributed by atoms with Crippen LogP contribution in [0.5, 0.6) is 0 Å². The Bertz CT molecular complexity index is 502. The van der Waals surface area contributed by atoms with Crippen molar-refractivity contribution in [1.82, 2.24) is 4.57 Å². The standard InChI is InChI=1S/C12H10FNO/c1-9-6-14(7-10(9)8-15)12-5-3-2-4-11(12)13/h2-8H,1H3. The van der Waals surface area contributed by atoms with Gasteiger partial charge in [-0.15, -0.1) is 0 Å². The van der Waals surface area contributed by atoms with Gasteiger partial charge in [0.2, 0.25) is 0 Å². The van der Waals surface area contributed by atoms with Crippen molar-refractivity contribution in [3.05, 3.63) is 53.6 Å². The predicted molar refractivity (Wildman–Crippen MR) is 55.9 cm³/mol. The molecule has 0 amide bonds. The zero-order chi connectivity index (χ0) is 10.8. The van der Waals surface area contributed by atoms with Crippen LogP contribution in [-0.4, -0.2) is 10.9 Å². The fourth-order valence-electron chi connectivity index (χ4n) is 1.50. The molecule has 0 bridgehead atoms. The van der Waals surface area contributed by atoms with Gasteiger partial charge in [-0.25, -0.2) is 4.39 Å². The maximum atomic E-state index is 13.4. The number of aryl methyl sites for hydroxylation is 1. The normalized spacial score (nSPS) is 10.3. The molecule has 0 aliphatic carbocycles. The van der Waals surface area contributed by atoms with Gasteiger partial charge in [0, 0.05) is 18.0 Å². The molecule has 0 radical (unpaired) electrons. The number of benzene rings is 1. The van der Waals surface area contributed by atoms with Gasteiger partial charge in [0.1, 0.15) is 5.82 Å². The van der Waals surface area contributed by atoms with Crippen LogP contribution in [0.15, 0.2) is 36.7 Å². The Morgan fingerprint density at radius 1 is 1.27 bits per heavy atom. The SMILES string of the molecule is Cc1cn(-c2ccccc2F)cc1C=O. The molecule has 0 spiro atoms. The number of nitrogens with zero attached hydrogens (tertiary/aromatic N) is 1. The molecule has 1 heterocycles. The highest BCUT2D eigenvalue weighted by atomic mass is 19.1. The van der Waals surface area contributed by atoms with Crippen LogP contribution < -0.4 is 0 Å². The van der Waals surface area contributed by atoms with E-state index in [2.05, 4.69) is 0 Å². The number of hydrogen-bond donors (Lipinski definition) is 0. The number of carbonyl (C=O) groups is 1. The van der Waals surface area contributed by atoms with Gasteiger partial charge >= 0.3 is 0 Å². The molecule has 0 fully saturated rings. The third kappa shape index (κ3) is 1.68. The van der Waals surface area contributed by atoms with Gasteiger partial charge in [-0.2, -0.15) is 0 Å². The number of halogens is 1. The number of para-hydroxylation sites is 1. The molecule has 0 N–H and O–H groups in total. The number of hydrogen-bond acceptors (Lipinski definition) is 1. The van der Waals surface area contributed by atoms with E-state index in [1.54, 1.807) is 35.2 Å². The van der Waals surface area contributed by atoms with Crippen LogP contribution in [0.25, 0.3) is 5.69 Å². The van der Waals surface area contributed by atoms with Crippen molar-refractivity contribution >= 4 is 6.29 Å². The van der Waals surface area contributed by atoms with E-state index in [4.69, 9.17) is 0 Å². The topological polar surface area (TPSA) is 22.0 Å². The Balaban J connectivity index is 2.55. The molecule has 1 aromatic carbocycles. The van der Waals surface area contributed by atoms with Gasteiger partial charge < -0.3 is 4.57 Å². The molecular weight excluding hydrogens is 193 g/mol. The van der Waals surface area contributed by atoms with Gasteiger partial charge in [0.25, 0.3) is 0 Å². The predicted octanol–water partition coefficient (Wildman–Crippen LogP) is 2.74. The summed E-state index contributed by atoms with van der Waals surface area (Å²) in [7, 11) is 0. The summed E-state index contributed by atoms with van der Waals surface area (Å²) >= 11 is 0. The summed E-state index contributed by atoms with van der Waals surface area (Å²) in [4.78, 5) is 10.6. The molecule has 0 aliphatic heterocycles. The molecule has 2 aromatic rings. The summed E-state index contributed by atoms with van der Waals surface area (Å²) in [5.74, 6) is -0.301. The van der Waals surface area contributed by atoms with Gasteiger partial charge in [0.05, 0.1) is 5.69 Å². The van der Waals surface area contributed by atoms with E-state index < -0.39 is 0 Å². The van der Waals surface area contributed by atoms with Crippen LogP contribution in [0.2, 0.25) is 0 Å². The molecule has 0 unspecified atom stereocenters. The van der Waals surface area contributed by atoms with Crippen LogP contribution in [0, 0.1) is 12.7 Å². The van der Waals surface area contributed by atoms with Crippen molar-refractivity contribution in [3.63, 3.8) is 0 Å². The summed E-state index contributed by atoms with van der Waals surface area (Å²) < 4.78 is 15.0. The first-order valence-electron chi connectivity index (χ1n) is 4.61. The lowest BCUT2D eigenvalue weighted by molar-refractivity contribution is 0.112. The smallest absolute Gasteiger partial charge is 0.151 e. The maximum Gasteiger partial charge on any atom is 0.151 e. The van der Waals surface area contributed by atoms with E-state index in [0.29, 0.717) is 11.3 Å². The molecule has 0 saturated carbocycles. The highest BCUT2D eigenvalue weighted by molar-refractivity contribution is 5.77. The molecule has 2 rings (SSSR count). The first-order chi connectivity index (χ1) is 7.22. The second-order valence-corrected chi connectivity index (χ2v) is 3.37. The van der Waals surface area contributed by atoms with Gasteiger partial charge in [-0.05, 0) is 24.6 Å². The highest BCUT2D eigenvalue weighted by Crippen LogP contribution is 2.16. The molecule has 0 saturated heterocycles. The Kier molecular flexibility index (Phi) is 2.37. The third-order valence-electron chi connectivity index (χ3n) is 2.32. The minimum atomic E-state index is -0.301. The zero-order valence-electron chi connectivity index (χ0n) is 8.27. The fraction of sp³-hybridized carbons (Fsp3) is 0.0833. The molecule has 1 aromatic heterocycles. The zero-order valence-corrected chi connectivity index (χ0v) is 8.27. The van der Waals surface area contributed by atoms with Crippen LogP contribution in [0.1, 0.15) is 15.9 Å². The molecule has 0 atom stereocenters. The van der Waals surface area contributed by atoms with E-state index >= 15 is 0 Å². The number of aromatic nitrogens is 1. The van der Waals surface area contributed by atoms with Gasteiger partial charge in [-0.3, -0.25) is 4.79 Å². The van der Waals surface area contributed by atoms with Crippen molar-refractivity contribution in [2.75, 3.05) is 0 Å². The van der Waals surface area contributed by atoms with Crippen molar-refractivity contribution < 1.29 is 9.18 Å². The molecular formula is C12H10FNO. The first-order valence-corrected chi connectivity index (χ1v) is 4.61. The number of carbonyl (C=O) groups excluding carboxylic acids is 1. The Morgan fingerprint density at radius 2 is 2.00 bits per heavy atom. The van der Waals surface area contributed by atoms with Crippen molar-refractivity contribution in [1.29, 1.82) is 0 Å². The molecule has 15 heavy (non-hydrogen) atoms. The molecule has 3 heteroatoms. The average molecular weight is 203 g/mol. The fourth-order valence-corrected chi connectivity index (χ4v) is 1.50. The van der Waals surface area contributed by atoms with E-state index in [1.165, 1.54) is 6.07 Å². The highest BCUT2D eigenvalue weighted by Gasteiger charge is 2.06. The molecule has 0 aliphatic rings. The minimum Gasteiger partial charge on any atom is -0.320 e. The van der Waals surface area contributed by atoms with E-state index in [-0.39, 0.29) is 5.82 Å². The van der Waals surface area contributed by atoms with Gasteiger partial charge in [0.15, 0.2) is 6.29 Å². The summed E-state index contributed by atoms with van der Waals surface area (Å²) in [6, 6.07) is 6.46. The van der Waals surface area contributed by atoms with Crippen molar-refractivity contribution in [2.24, 2.45) is 0 Å². The largest absolute Gasteiger partial charge is 0.320 e. The lowest BCUT2D eigenvalue weighted by Crippen LogP contribution is -1.93. The van der Waals surface area contributed by atoms with E-state index in [0.717, 1.165) is 11.8 Å². The summed E-state index contributed by atoms with van der Waals surface area (Å²) in [6.45, 7) is 1.82. The lowest BCUT2D eigenvalue weighted by atomic mass is 10.2. The maximum absolute atomic E-state index is 13.4. The Labute approximate surface area is 87.0 Å². The Hall–Kier alpha value is -1.90. The first kappa shape index (κ1) is 9.65. The quantitative estimate of drug-likeness (QED) is 0.688. The minimum absolute atomic E-state index is 0.301. The van der Waals surface area contributed by atoms with Crippen molar-refractivity contribution in [2.45, 2.75) is 6.92 Å². The summed E-state index contributed by atoms with van der Waals surface area (Å²) in [5, 5.41) is 0. The van der Waals surface area contributed by atoms with E-state index in [1.807, 2.05) is 6.92 Å². The monoisotopic (exact) mass is 203 g/mol. The van der Waals surface area contributed by atoms with E-state index in [9.17, 15) is 9.18 Å². The second-order valence-electron chi connectivity index (χ2n) is 3.37. The van der Waals surface area contributed by atoms with Crippen LogP contribution in [0.3, 0.4) is 0 Å². The van der Waals surface area contributed by atoms with Crippen LogP contribution >= 0.6 is 0 Å². The number of aldehydes is 1. The molecule has 2 nitrogen and oxygen atoms in total. The van der Waals surface area contributed by atoms with Crippen LogP contribution in [0.4, 0.5) is 4.39 Å². The average Bonchev–Trinajstić information content (AvgIpc) is 2.60. The van der Waals surface area contributed by atoms with Crippen LogP contribution in [-0.2, 0) is 0 Å². The Morgan fingerprint density at radius 3 is 2.60 bits per heavy atom. The molecule has 76 valence electrons. The summed E-state index contributed by atoms with van der Waals surface area (Å²) in [6.07, 6.45) is 4.13. The van der Waals surface area contributed by atoms with Crippen molar-refractivity contribution in [3.8, 4) is 5.69 Å². The lowest BCUT2D eigenvalue weighted by Gasteiger charge is -2.02. The second kappa shape index (κ2) is 3.69. The third-order valence-corrected chi connectivity index (χ3v) is 2.32. The number of rotatable bonds is 2. The van der Waals surface area contributed by atoms with Gasteiger partial charge in [-0.1, -0.05) is 12.1 Å². The summed E-state index contributed by atoms with van der Waals surface area (Å²) in [5.41, 5.74) is 1.88.